The Bertz CT molecular complexity index is 717. The highest BCUT2D eigenvalue weighted by Crippen LogP contribution is 2.32. The Morgan fingerprint density at radius 2 is 2.00 bits per heavy atom. The molecule has 2 aromatic rings. The van der Waals surface area contributed by atoms with Gasteiger partial charge in [-0.1, -0.05) is 0 Å². The predicted octanol–water partition coefficient (Wildman–Crippen LogP) is 0.880. The number of nitrogens with zero attached hydrogens (tertiary/aromatic N) is 6. The molecule has 0 radical (unpaired) electrons. The smallest absolute Gasteiger partial charge is 0.290 e. The van der Waals surface area contributed by atoms with Gasteiger partial charge >= 0.3 is 0 Å². The fraction of sp³-hybridized carbons (Fsp3) is 0.556. The predicted molar refractivity (Wildman–Crippen MR) is 100.0 cm³/mol. The highest BCUT2D eigenvalue weighted by Gasteiger charge is 2.44. The van der Waals surface area contributed by atoms with Crippen LogP contribution in [0.2, 0.25) is 0 Å². The van der Waals surface area contributed by atoms with Gasteiger partial charge in [0.2, 0.25) is 5.91 Å². The van der Waals surface area contributed by atoms with Crippen molar-refractivity contribution in [3.05, 3.63) is 36.4 Å². The quantitative estimate of drug-likeness (QED) is 0.778. The summed E-state index contributed by atoms with van der Waals surface area (Å²) < 4.78 is 3.80. The van der Waals surface area contributed by atoms with Crippen molar-refractivity contribution in [3.63, 3.8) is 0 Å². The summed E-state index contributed by atoms with van der Waals surface area (Å²) in [6.07, 6.45) is 9.23. The van der Waals surface area contributed by atoms with E-state index in [2.05, 4.69) is 28.2 Å². The zero-order chi connectivity index (χ0) is 19.9. The summed E-state index contributed by atoms with van der Waals surface area (Å²) in [5, 5.41) is 15.6. The fourth-order valence-electron chi connectivity index (χ4n) is 3.48. The molecule has 0 atom stereocenters. The first kappa shape index (κ1) is 20.6. The number of hydrogen-bond donors (Lipinski definition) is 1. The van der Waals surface area contributed by atoms with Crippen LogP contribution in [-0.2, 0) is 28.2 Å². The van der Waals surface area contributed by atoms with Crippen LogP contribution in [0.25, 0.3) is 0 Å². The minimum Gasteiger partial charge on any atom is -0.483 e. The third-order valence-electron chi connectivity index (χ3n) is 4.85. The molecule has 0 bridgehead atoms. The van der Waals surface area contributed by atoms with Crippen molar-refractivity contribution in [3.8, 4) is 0 Å². The van der Waals surface area contributed by atoms with Gasteiger partial charge < -0.3 is 10.0 Å². The number of carboxylic acid groups (broad SMARTS) is 1. The zero-order valence-corrected chi connectivity index (χ0v) is 16.2. The molecule has 3 rings (SSSR count). The van der Waals surface area contributed by atoms with Gasteiger partial charge in [-0.25, -0.2) is 0 Å². The first-order chi connectivity index (χ1) is 13.0. The Labute approximate surface area is 159 Å². The van der Waals surface area contributed by atoms with Crippen LogP contribution in [0.1, 0.15) is 25.3 Å². The standard InChI is InChI=1S/C17H26N6O.CH2O2/c1-4-22-14-15(12-19-22)13-21-10-6-17(7-11-21,16(24)20(2)3)23-9-5-8-18-23;2-1-3/h5,8-9,12,14H,4,6-7,10-11,13H2,1-3H3;1H,(H,2,3). The second-order valence-electron chi connectivity index (χ2n) is 6.77. The second-order valence-corrected chi connectivity index (χ2v) is 6.77. The third kappa shape index (κ3) is 4.73. The lowest BCUT2D eigenvalue weighted by molar-refractivity contribution is -0.141. The molecule has 1 aliphatic rings. The van der Waals surface area contributed by atoms with Gasteiger partial charge in [0, 0.05) is 64.4 Å². The number of aryl methyl sites for hydroxylation is 1. The van der Waals surface area contributed by atoms with Crippen LogP contribution in [0.3, 0.4) is 0 Å². The largest absolute Gasteiger partial charge is 0.483 e. The van der Waals surface area contributed by atoms with E-state index in [1.54, 1.807) is 11.1 Å². The van der Waals surface area contributed by atoms with Crippen LogP contribution in [0.5, 0.6) is 0 Å². The first-order valence-electron chi connectivity index (χ1n) is 9.00. The van der Waals surface area contributed by atoms with Gasteiger partial charge in [0.15, 0.2) is 0 Å². The van der Waals surface area contributed by atoms with Crippen LogP contribution in [0, 0.1) is 0 Å². The molecule has 1 N–H and O–H groups in total. The van der Waals surface area contributed by atoms with Crippen molar-refractivity contribution in [1.82, 2.24) is 29.4 Å². The van der Waals surface area contributed by atoms with Gasteiger partial charge in [-0.05, 0) is 25.8 Å². The average molecular weight is 376 g/mol. The van der Waals surface area contributed by atoms with Crippen molar-refractivity contribution in [2.24, 2.45) is 0 Å². The Balaban J connectivity index is 0.000000817. The number of hydrogen-bond acceptors (Lipinski definition) is 5. The van der Waals surface area contributed by atoms with Gasteiger partial charge in [-0.2, -0.15) is 10.2 Å². The lowest BCUT2D eigenvalue weighted by Gasteiger charge is -2.41. The molecule has 0 aromatic carbocycles. The molecule has 0 unspecified atom stereocenters. The topological polar surface area (TPSA) is 96.5 Å². The molecule has 1 amide bonds. The van der Waals surface area contributed by atoms with Gasteiger partial charge in [-0.3, -0.25) is 23.9 Å². The Morgan fingerprint density at radius 1 is 1.33 bits per heavy atom. The van der Waals surface area contributed by atoms with Crippen molar-refractivity contribution in [2.75, 3.05) is 27.2 Å². The number of piperidine rings is 1. The molecule has 9 heteroatoms. The minimum atomic E-state index is -0.558. The van der Waals surface area contributed by atoms with Gasteiger partial charge in [-0.15, -0.1) is 0 Å². The van der Waals surface area contributed by atoms with Crippen LogP contribution >= 0.6 is 0 Å². The van der Waals surface area contributed by atoms with Gasteiger partial charge in [0.05, 0.1) is 6.20 Å². The molecule has 148 valence electrons. The van der Waals surface area contributed by atoms with E-state index < -0.39 is 5.54 Å². The second kappa shape index (κ2) is 9.31. The third-order valence-corrected chi connectivity index (χ3v) is 4.85. The number of carbonyl (C=O) groups is 2. The van der Waals surface area contributed by atoms with E-state index in [4.69, 9.17) is 9.90 Å². The van der Waals surface area contributed by atoms with E-state index >= 15 is 0 Å². The van der Waals surface area contributed by atoms with Crippen molar-refractivity contribution in [1.29, 1.82) is 0 Å². The normalized spacial score (nSPS) is 16.3. The maximum atomic E-state index is 12.9. The van der Waals surface area contributed by atoms with E-state index in [9.17, 15) is 4.79 Å². The summed E-state index contributed by atoms with van der Waals surface area (Å²) in [5.74, 6) is 0.129. The molecule has 0 saturated carbocycles. The zero-order valence-electron chi connectivity index (χ0n) is 16.2. The van der Waals surface area contributed by atoms with Crippen molar-refractivity contribution < 1.29 is 14.7 Å². The number of rotatable bonds is 5. The van der Waals surface area contributed by atoms with E-state index in [-0.39, 0.29) is 12.4 Å². The van der Waals surface area contributed by atoms with Crippen molar-refractivity contribution in [2.45, 2.75) is 38.4 Å². The number of likely N-dealkylation sites (tertiary alicyclic amines) is 1. The van der Waals surface area contributed by atoms with Crippen LogP contribution in [-0.4, -0.2) is 74.0 Å². The Kier molecular flexibility index (Phi) is 7.12. The molecule has 1 saturated heterocycles. The van der Waals surface area contributed by atoms with E-state index in [1.807, 2.05) is 41.9 Å². The number of likely N-dealkylation sites (N-methyl/N-ethyl adjacent to an activating group) is 1. The van der Waals surface area contributed by atoms with E-state index in [1.165, 1.54) is 5.56 Å². The molecule has 2 aromatic heterocycles. The number of aromatic nitrogens is 4. The van der Waals surface area contributed by atoms with Crippen LogP contribution < -0.4 is 0 Å². The molecule has 27 heavy (non-hydrogen) atoms. The molecule has 0 aliphatic carbocycles. The average Bonchev–Trinajstić information content (AvgIpc) is 3.34. The summed E-state index contributed by atoms with van der Waals surface area (Å²) in [6.45, 7) is 5.35. The van der Waals surface area contributed by atoms with Crippen molar-refractivity contribution >= 4 is 12.4 Å². The summed E-state index contributed by atoms with van der Waals surface area (Å²) in [5.41, 5.74) is 0.666. The van der Waals surface area contributed by atoms with Gasteiger partial charge in [0.1, 0.15) is 5.54 Å². The summed E-state index contributed by atoms with van der Waals surface area (Å²) in [7, 11) is 3.64. The summed E-state index contributed by atoms with van der Waals surface area (Å²) in [6, 6.07) is 1.89. The van der Waals surface area contributed by atoms with Crippen LogP contribution in [0.15, 0.2) is 30.9 Å². The number of carbonyl (C=O) groups excluding carboxylic acids is 1. The maximum Gasteiger partial charge on any atom is 0.290 e. The monoisotopic (exact) mass is 376 g/mol. The molecule has 9 nitrogen and oxygen atoms in total. The summed E-state index contributed by atoms with van der Waals surface area (Å²) >= 11 is 0. The Hall–Kier alpha value is -2.68. The lowest BCUT2D eigenvalue weighted by atomic mass is 9.86. The Morgan fingerprint density at radius 3 is 2.48 bits per heavy atom. The van der Waals surface area contributed by atoms with E-state index in [0.717, 1.165) is 39.0 Å². The minimum absolute atomic E-state index is 0.129. The molecule has 1 aliphatic heterocycles. The highest BCUT2D eigenvalue weighted by molar-refractivity contribution is 5.84. The molecular formula is C18H28N6O3. The SMILES string of the molecule is CCn1cc(CN2CCC(C(=O)N(C)C)(n3cccn3)CC2)cn1.O=CO. The molecule has 3 heterocycles. The lowest BCUT2D eigenvalue weighted by Crippen LogP contribution is -2.54. The maximum absolute atomic E-state index is 12.9. The summed E-state index contributed by atoms with van der Waals surface area (Å²) in [4.78, 5) is 25.3. The van der Waals surface area contributed by atoms with Gasteiger partial charge in [0.25, 0.3) is 6.47 Å². The highest BCUT2D eigenvalue weighted by atomic mass is 16.3. The molecule has 0 spiro atoms. The fourth-order valence-corrected chi connectivity index (χ4v) is 3.48. The van der Waals surface area contributed by atoms with E-state index in [0.29, 0.717) is 0 Å². The number of amides is 1. The first-order valence-corrected chi connectivity index (χ1v) is 9.00. The van der Waals surface area contributed by atoms with Crippen LogP contribution in [0.4, 0.5) is 0 Å². The molecular weight excluding hydrogens is 348 g/mol. The molecule has 1 fully saturated rings.